The summed E-state index contributed by atoms with van der Waals surface area (Å²) in [6, 6.07) is 0. The van der Waals surface area contributed by atoms with Crippen LogP contribution in [0.25, 0.3) is 0 Å². The van der Waals surface area contributed by atoms with Crippen molar-refractivity contribution in [1.82, 2.24) is 0 Å². The van der Waals surface area contributed by atoms with Crippen LogP contribution in [0.5, 0.6) is 11.5 Å². The average molecular weight is 306 g/mol. The van der Waals surface area contributed by atoms with Gasteiger partial charge >= 0.3 is 11.9 Å². The number of cyclic esters (lactones) is 1. The Labute approximate surface area is 128 Å². The Bertz CT molecular complexity index is 668. The highest BCUT2D eigenvalue weighted by Gasteiger charge is 2.36. The van der Waals surface area contributed by atoms with E-state index in [1.165, 1.54) is 14.2 Å². The second-order valence-corrected chi connectivity index (χ2v) is 5.10. The molecule has 0 saturated carbocycles. The predicted molar refractivity (Wildman–Crippen MR) is 78.2 cm³/mol. The minimum atomic E-state index is -0.649. The number of benzene rings is 1. The summed E-state index contributed by atoms with van der Waals surface area (Å²) in [4.78, 5) is 24.1. The lowest BCUT2D eigenvalue weighted by molar-refractivity contribution is 0.0516. The monoisotopic (exact) mass is 306 g/mol. The number of allylic oxidation sites excluding steroid dienone is 1. The minimum Gasteiger partial charge on any atom is -0.495 e. The Morgan fingerprint density at radius 2 is 1.91 bits per heavy atom. The summed E-state index contributed by atoms with van der Waals surface area (Å²) in [5.74, 6) is -0.521. The first-order valence-electron chi connectivity index (χ1n) is 6.71. The van der Waals surface area contributed by atoms with Crippen molar-refractivity contribution < 1.29 is 28.5 Å². The molecule has 22 heavy (non-hydrogen) atoms. The van der Waals surface area contributed by atoms with Crippen LogP contribution in [0.1, 0.15) is 45.7 Å². The minimum absolute atomic E-state index is 0.0505. The van der Waals surface area contributed by atoms with Gasteiger partial charge < -0.3 is 18.9 Å². The molecule has 2 rings (SSSR count). The molecule has 0 aliphatic carbocycles. The number of esters is 2. The molecule has 0 saturated heterocycles. The molecule has 6 heteroatoms. The van der Waals surface area contributed by atoms with E-state index in [2.05, 4.69) is 0 Å². The van der Waals surface area contributed by atoms with Gasteiger partial charge in [0, 0.05) is 11.1 Å². The molecule has 0 fully saturated rings. The van der Waals surface area contributed by atoms with Gasteiger partial charge in [-0.3, -0.25) is 0 Å². The highest BCUT2D eigenvalue weighted by molar-refractivity contribution is 6.08. The zero-order valence-corrected chi connectivity index (χ0v) is 13.2. The lowest BCUT2D eigenvalue weighted by atomic mass is 9.96. The van der Waals surface area contributed by atoms with Gasteiger partial charge in [-0.15, -0.1) is 0 Å². The zero-order chi connectivity index (χ0) is 16.4. The van der Waals surface area contributed by atoms with E-state index in [4.69, 9.17) is 18.9 Å². The molecule has 6 nitrogen and oxygen atoms in total. The molecule has 0 unspecified atom stereocenters. The average Bonchev–Trinajstić information content (AvgIpc) is 2.85. The van der Waals surface area contributed by atoms with Crippen molar-refractivity contribution in [2.24, 2.45) is 0 Å². The van der Waals surface area contributed by atoms with Gasteiger partial charge in [-0.05, 0) is 26.3 Å². The van der Waals surface area contributed by atoms with Crippen molar-refractivity contribution in [2.45, 2.75) is 27.4 Å². The second-order valence-electron chi connectivity index (χ2n) is 5.10. The Balaban J connectivity index is 2.77. The van der Waals surface area contributed by atoms with E-state index in [-0.39, 0.29) is 23.5 Å². The van der Waals surface area contributed by atoms with Crippen molar-refractivity contribution >= 4 is 11.9 Å². The number of rotatable bonds is 4. The number of hydrogen-bond donors (Lipinski definition) is 0. The fourth-order valence-electron chi connectivity index (χ4n) is 2.36. The SMILES string of the molecule is COC(=O)c1c(OC)c(C)c(OC=C(C)C)c2c1C(=O)OC2. The molecular weight excluding hydrogens is 288 g/mol. The standard InChI is InChI=1S/C16H18O6/c1-8(2)6-21-13-9(3)14(19-4)12(15(17)20-5)11-10(13)7-22-16(11)18/h6H,7H2,1-5H3. The van der Waals surface area contributed by atoms with Crippen LogP contribution in [-0.4, -0.2) is 26.2 Å². The second kappa shape index (κ2) is 6.09. The van der Waals surface area contributed by atoms with Crippen LogP contribution in [0.15, 0.2) is 11.8 Å². The summed E-state index contributed by atoms with van der Waals surface area (Å²) in [6.45, 7) is 5.58. The van der Waals surface area contributed by atoms with Crippen molar-refractivity contribution in [3.8, 4) is 11.5 Å². The normalized spacial score (nSPS) is 12.3. The lowest BCUT2D eigenvalue weighted by Crippen LogP contribution is -2.13. The molecule has 0 radical (unpaired) electrons. The number of hydrogen-bond acceptors (Lipinski definition) is 6. The third kappa shape index (κ3) is 2.52. The number of carbonyl (C=O) groups excluding carboxylic acids is 2. The quantitative estimate of drug-likeness (QED) is 0.629. The maximum Gasteiger partial charge on any atom is 0.342 e. The van der Waals surface area contributed by atoms with Gasteiger partial charge in [-0.2, -0.15) is 0 Å². The van der Waals surface area contributed by atoms with Crippen LogP contribution in [0, 0.1) is 6.92 Å². The fourth-order valence-corrected chi connectivity index (χ4v) is 2.36. The van der Waals surface area contributed by atoms with Crippen LogP contribution >= 0.6 is 0 Å². The van der Waals surface area contributed by atoms with Gasteiger partial charge in [-0.25, -0.2) is 9.59 Å². The number of fused-ring (bicyclic) bond motifs is 1. The van der Waals surface area contributed by atoms with E-state index in [1.807, 2.05) is 13.8 Å². The molecule has 118 valence electrons. The molecule has 0 amide bonds. The molecule has 1 aromatic rings. The van der Waals surface area contributed by atoms with E-state index in [0.717, 1.165) is 5.57 Å². The molecule has 1 aliphatic heterocycles. The Hall–Kier alpha value is -2.50. The molecule has 0 spiro atoms. The summed E-state index contributed by atoms with van der Waals surface area (Å²) in [7, 11) is 2.67. The van der Waals surface area contributed by atoms with E-state index in [0.29, 0.717) is 16.9 Å². The third-order valence-corrected chi connectivity index (χ3v) is 3.29. The molecule has 1 heterocycles. The summed E-state index contributed by atoms with van der Waals surface area (Å²) in [5.41, 5.74) is 2.31. The molecule has 0 aromatic heterocycles. The van der Waals surface area contributed by atoms with E-state index in [1.54, 1.807) is 13.2 Å². The smallest absolute Gasteiger partial charge is 0.342 e. The van der Waals surface area contributed by atoms with E-state index < -0.39 is 11.9 Å². The number of carbonyl (C=O) groups is 2. The highest BCUT2D eigenvalue weighted by Crippen LogP contribution is 2.42. The molecule has 0 atom stereocenters. The Morgan fingerprint density at radius 3 is 2.45 bits per heavy atom. The van der Waals surface area contributed by atoms with Crippen LogP contribution in [0.4, 0.5) is 0 Å². The van der Waals surface area contributed by atoms with Gasteiger partial charge in [0.2, 0.25) is 0 Å². The van der Waals surface area contributed by atoms with Gasteiger partial charge in [0.25, 0.3) is 0 Å². The fraction of sp³-hybridized carbons (Fsp3) is 0.375. The van der Waals surface area contributed by atoms with Crippen LogP contribution < -0.4 is 9.47 Å². The first-order valence-corrected chi connectivity index (χ1v) is 6.71. The number of ether oxygens (including phenoxy) is 4. The van der Waals surface area contributed by atoms with E-state index in [9.17, 15) is 9.59 Å². The summed E-state index contributed by atoms with van der Waals surface area (Å²) in [6.07, 6.45) is 1.57. The first-order chi connectivity index (χ1) is 10.4. The summed E-state index contributed by atoms with van der Waals surface area (Å²) >= 11 is 0. The summed E-state index contributed by atoms with van der Waals surface area (Å²) in [5, 5.41) is 0. The predicted octanol–water partition coefficient (Wildman–Crippen LogP) is 2.76. The molecular formula is C16H18O6. The van der Waals surface area contributed by atoms with Crippen LogP contribution in [-0.2, 0) is 16.1 Å². The lowest BCUT2D eigenvalue weighted by Gasteiger charge is -2.17. The highest BCUT2D eigenvalue weighted by atomic mass is 16.5. The van der Waals surface area contributed by atoms with Gasteiger partial charge in [0.05, 0.1) is 26.0 Å². The van der Waals surface area contributed by atoms with Crippen LogP contribution in [0.2, 0.25) is 0 Å². The van der Waals surface area contributed by atoms with Crippen molar-refractivity contribution in [2.75, 3.05) is 14.2 Å². The molecule has 0 bridgehead atoms. The summed E-state index contributed by atoms with van der Waals surface area (Å²) < 4.78 is 20.8. The topological polar surface area (TPSA) is 71.1 Å². The van der Waals surface area contributed by atoms with Gasteiger partial charge in [-0.1, -0.05) is 0 Å². The van der Waals surface area contributed by atoms with Gasteiger partial charge in [0.15, 0.2) is 0 Å². The zero-order valence-electron chi connectivity index (χ0n) is 13.2. The maximum atomic E-state index is 12.1. The maximum absolute atomic E-state index is 12.1. The third-order valence-electron chi connectivity index (χ3n) is 3.29. The van der Waals surface area contributed by atoms with Gasteiger partial charge in [0.1, 0.15) is 23.7 Å². The van der Waals surface area contributed by atoms with E-state index >= 15 is 0 Å². The Kier molecular flexibility index (Phi) is 4.40. The molecule has 0 N–H and O–H groups in total. The largest absolute Gasteiger partial charge is 0.495 e. The first kappa shape index (κ1) is 15.9. The Morgan fingerprint density at radius 1 is 1.23 bits per heavy atom. The molecule has 1 aliphatic rings. The van der Waals surface area contributed by atoms with Crippen LogP contribution in [0.3, 0.4) is 0 Å². The number of methoxy groups -OCH3 is 2. The molecule has 1 aromatic carbocycles. The van der Waals surface area contributed by atoms with Crippen molar-refractivity contribution in [3.63, 3.8) is 0 Å². The van der Waals surface area contributed by atoms with Crippen molar-refractivity contribution in [3.05, 3.63) is 34.1 Å². The van der Waals surface area contributed by atoms with Crippen molar-refractivity contribution in [1.29, 1.82) is 0 Å².